The first-order valence-electron chi connectivity index (χ1n) is 5.44. The van der Waals surface area contributed by atoms with Crippen LogP contribution in [0.4, 0.5) is 0 Å². The van der Waals surface area contributed by atoms with Gasteiger partial charge in [-0.05, 0) is 20.8 Å². The first-order chi connectivity index (χ1) is 7.05. The first-order valence-corrected chi connectivity index (χ1v) is 6.25. The van der Waals surface area contributed by atoms with Crippen molar-refractivity contribution in [3.05, 3.63) is 16.1 Å². The molecule has 15 heavy (non-hydrogen) atoms. The van der Waals surface area contributed by atoms with Gasteiger partial charge in [-0.15, -0.1) is 11.3 Å². The van der Waals surface area contributed by atoms with Gasteiger partial charge in [-0.3, -0.25) is 4.90 Å². The van der Waals surface area contributed by atoms with Crippen molar-refractivity contribution in [1.82, 2.24) is 15.2 Å². The summed E-state index contributed by atoms with van der Waals surface area (Å²) in [6, 6.07) is 0. The van der Waals surface area contributed by atoms with Crippen molar-refractivity contribution < 1.29 is 0 Å². The summed E-state index contributed by atoms with van der Waals surface area (Å²) in [4.78, 5) is 8.20. The highest BCUT2D eigenvalue weighted by atomic mass is 32.1. The second-order valence-electron chi connectivity index (χ2n) is 4.89. The highest BCUT2D eigenvalue weighted by Crippen LogP contribution is 2.17. The molecule has 2 rings (SSSR count). The van der Waals surface area contributed by atoms with Gasteiger partial charge in [-0.2, -0.15) is 0 Å². The van der Waals surface area contributed by atoms with Crippen molar-refractivity contribution in [3.8, 4) is 0 Å². The molecule has 2 heterocycles. The summed E-state index contributed by atoms with van der Waals surface area (Å²) < 4.78 is 0. The van der Waals surface area contributed by atoms with Gasteiger partial charge in [0.2, 0.25) is 0 Å². The molecule has 1 saturated heterocycles. The molecule has 1 fully saturated rings. The van der Waals surface area contributed by atoms with Gasteiger partial charge in [0.05, 0.1) is 6.54 Å². The molecule has 1 aromatic heterocycles. The third kappa shape index (κ3) is 3.00. The van der Waals surface area contributed by atoms with Crippen LogP contribution in [0.2, 0.25) is 0 Å². The molecular formula is C11H19N3S. The highest BCUT2D eigenvalue weighted by Gasteiger charge is 2.25. The molecule has 3 nitrogen and oxygen atoms in total. The average molecular weight is 225 g/mol. The van der Waals surface area contributed by atoms with Gasteiger partial charge in [0.1, 0.15) is 5.01 Å². The molecule has 0 atom stereocenters. The number of hydrogen-bond acceptors (Lipinski definition) is 4. The number of rotatable bonds is 2. The quantitative estimate of drug-likeness (QED) is 0.829. The summed E-state index contributed by atoms with van der Waals surface area (Å²) in [7, 11) is 0. The average Bonchev–Trinajstić information content (AvgIpc) is 2.49. The number of aryl methyl sites for hydroxylation is 1. The topological polar surface area (TPSA) is 28.2 Å². The minimum absolute atomic E-state index is 0.241. The zero-order chi connectivity index (χ0) is 10.9. The van der Waals surface area contributed by atoms with E-state index in [0.717, 1.165) is 26.2 Å². The van der Waals surface area contributed by atoms with E-state index in [-0.39, 0.29) is 5.54 Å². The Bertz CT molecular complexity index is 332. The summed E-state index contributed by atoms with van der Waals surface area (Å²) in [6.45, 7) is 10.9. The Morgan fingerprint density at radius 3 is 3.00 bits per heavy atom. The SMILES string of the molecule is Cc1cnc(CN2CCNC(C)(C)C2)s1. The van der Waals surface area contributed by atoms with Crippen molar-refractivity contribution in [1.29, 1.82) is 0 Å². The smallest absolute Gasteiger partial charge is 0.107 e. The van der Waals surface area contributed by atoms with Crippen LogP contribution in [0.25, 0.3) is 0 Å². The maximum Gasteiger partial charge on any atom is 0.107 e. The maximum atomic E-state index is 4.41. The largest absolute Gasteiger partial charge is 0.309 e. The first kappa shape index (κ1) is 11.0. The van der Waals surface area contributed by atoms with Crippen molar-refractivity contribution in [2.45, 2.75) is 32.9 Å². The zero-order valence-electron chi connectivity index (χ0n) is 9.71. The molecular weight excluding hydrogens is 206 g/mol. The number of nitrogens with one attached hydrogen (secondary N) is 1. The number of thiazole rings is 1. The Labute approximate surface area is 95.5 Å². The lowest BCUT2D eigenvalue weighted by molar-refractivity contribution is 0.148. The van der Waals surface area contributed by atoms with Crippen LogP contribution in [0.5, 0.6) is 0 Å². The van der Waals surface area contributed by atoms with Gasteiger partial charge in [-0.1, -0.05) is 0 Å². The van der Waals surface area contributed by atoms with Crippen LogP contribution >= 0.6 is 11.3 Å². The normalized spacial score (nSPS) is 21.8. The molecule has 1 N–H and O–H groups in total. The van der Waals surface area contributed by atoms with E-state index in [1.807, 2.05) is 17.5 Å². The fraction of sp³-hybridized carbons (Fsp3) is 0.727. The molecule has 1 aromatic rings. The van der Waals surface area contributed by atoms with Crippen LogP contribution in [-0.2, 0) is 6.54 Å². The van der Waals surface area contributed by atoms with Crippen molar-refractivity contribution in [2.75, 3.05) is 19.6 Å². The lowest BCUT2D eigenvalue weighted by Crippen LogP contribution is -2.56. The van der Waals surface area contributed by atoms with Crippen molar-refractivity contribution in [2.24, 2.45) is 0 Å². The molecule has 0 bridgehead atoms. The molecule has 84 valence electrons. The van der Waals surface area contributed by atoms with E-state index < -0.39 is 0 Å². The van der Waals surface area contributed by atoms with Gasteiger partial charge in [-0.25, -0.2) is 4.98 Å². The minimum atomic E-state index is 0.241. The number of nitrogens with zero attached hydrogens (tertiary/aromatic N) is 2. The van der Waals surface area contributed by atoms with Crippen LogP contribution in [0.1, 0.15) is 23.7 Å². The van der Waals surface area contributed by atoms with Gasteiger partial charge in [0, 0.05) is 36.2 Å². The van der Waals surface area contributed by atoms with Crippen molar-refractivity contribution >= 4 is 11.3 Å². The molecule has 0 radical (unpaired) electrons. The summed E-state index contributed by atoms with van der Waals surface area (Å²) >= 11 is 1.81. The highest BCUT2D eigenvalue weighted by molar-refractivity contribution is 7.11. The van der Waals surface area contributed by atoms with E-state index in [9.17, 15) is 0 Å². The summed E-state index contributed by atoms with van der Waals surface area (Å²) in [6.07, 6.45) is 1.97. The van der Waals surface area contributed by atoms with Crippen LogP contribution in [0.3, 0.4) is 0 Å². The Hall–Kier alpha value is -0.450. The minimum Gasteiger partial charge on any atom is -0.309 e. The third-order valence-electron chi connectivity index (χ3n) is 2.68. The molecule has 0 aromatic carbocycles. The molecule has 0 unspecified atom stereocenters. The summed E-state index contributed by atoms with van der Waals surface area (Å²) in [5.74, 6) is 0. The molecule has 0 aliphatic carbocycles. The van der Waals surface area contributed by atoms with E-state index in [1.54, 1.807) is 0 Å². The number of piperazine rings is 1. The lowest BCUT2D eigenvalue weighted by atomic mass is 10.0. The van der Waals surface area contributed by atoms with Gasteiger partial charge in [0.15, 0.2) is 0 Å². The van der Waals surface area contributed by atoms with E-state index in [0.29, 0.717) is 0 Å². The van der Waals surface area contributed by atoms with E-state index in [4.69, 9.17) is 0 Å². The molecule has 4 heteroatoms. The standard InChI is InChI=1S/C11H19N3S/c1-9-6-12-10(15-9)7-14-5-4-13-11(2,3)8-14/h6,13H,4-5,7-8H2,1-3H3. The Kier molecular flexibility index (Phi) is 3.09. The van der Waals surface area contributed by atoms with Gasteiger partial charge >= 0.3 is 0 Å². The van der Waals surface area contributed by atoms with Gasteiger partial charge in [0.25, 0.3) is 0 Å². The monoisotopic (exact) mass is 225 g/mol. The predicted molar refractivity (Wildman–Crippen MR) is 64.2 cm³/mol. The fourth-order valence-electron chi connectivity index (χ4n) is 2.05. The van der Waals surface area contributed by atoms with E-state index in [1.165, 1.54) is 9.88 Å². The molecule has 1 aliphatic heterocycles. The number of aromatic nitrogens is 1. The molecule has 0 saturated carbocycles. The summed E-state index contributed by atoms with van der Waals surface area (Å²) in [5, 5.41) is 4.76. The fourth-order valence-corrected chi connectivity index (χ4v) is 2.88. The second kappa shape index (κ2) is 4.20. The molecule has 0 spiro atoms. The molecule has 0 amide bonds. The predicted octanol–water partition coefficient (Wildman–Crippen LogP) is 1.64. The Morgan fingerprint density at radius 2 is 2.40 bits per heavy atom. The maximum absolute atomic E-state index is 4.41. The van der Waals surface area contributed by atoms with E-state index >= 15 is 0 Å². The summed E-state index contributed by atoms with van der Waals surface area (Å²) in [5.41, 5.74) is 0.241. The van der Waals surface area contributed by atoms with Crippen LogP contribution < -0.4 is 5.32 Å². The second-order valence-corrected chi connectivity index (χ2v) is 6.21. The number of hydrogen-bond donors (Lipinski definition) is 1. The Morgan fingerprint density at radius 1 is 1.60 bits per heavy atom. The zero-order valence-corrected chi connectivity index (χ0v) is 10.5. The molecule has 1 aliphatic rings. The van der Waals surface area contributed by atoms with Crippen molar-refractivity contribution in [3.63, 3.8) is 0 Å². The van der Waals surface area contributed by atoms with Gasteiger partial charge < -0.3 is 5.32 Å². The van der Waals surface area contributed by atoms with E-state index in [2.05, 4.69) is 36.0 Å². The van der Waals surface area contributed by atoms with Crippen LogP contribution in [-0.4, -0.2) is 35.1 Å². The van der Waals surface area contributed by atoms with Crippen LogP contribution in [0, 0.1) is 6.92 Å². The van der Waals surface area contributed by atoms with Crippen LogP contribution in [0.15, 0.2) is 6.20 Å². The lowest BCUT2D eigenvalue weighted by Gasteiger charge is -2.38. The Balaban J connectivity index is 1.95. The third-order valence-corrected chi connectivity index (χ3v) is 3.58.